The molecular formula is C34H30BrN3O6S. The van der Waals surface area contributed by atoms with Crippen LogP contribution in [0.5, 0.6) is 17.2 Å². The molecule has 4 aromatic rings. The molecule has 0 N–H and O–H groups in total. The van der Waals surface area contributed by atoms with E-state index in [4.69, 9.17) is 18.9 Å². The quantitative estimate of drug-likeness (QED) is 0.205. The number of benzene rings is 3. The summed E-state index contributed by atoms with van der Waals surface area (Å²) in [5.41, 5.74) is 3.22. The van der Waals surface area contributed by atoms with Crippen molar-refractivity contribution in [2.24, 2.45) is 4.99 Å². The Labute approximate surface area is 272 Å². The van der Waals surface area contributed by atoms with Gasteiger partial charge in [0.2, 0.25) is 0 Å². The van der Waals surface area contributed by atoms with E-state index < -0.39 is 12.0 Å². The third-order valence-electron chi connectivity index (χ3n) is 7.09. The van der Waals surface area contributed by atoms with Gasteiger partial charge in [-0.15, -0.1) is 0 Å². The van der Waals surface area contributed by atoms with Gasteiger partial charge in [0.05, 0.1) is 58.3 Å². The second kappa shape index (κ2) is 14.0. The molecule has 1 aliphatic heterocycles. The average molecular weight is 689 g/mol. The van der Waals surface area contributed by atoms with Crippen molar-refractivity contribution in [3.05, 3.63) is 118 Å². The van der Waals surface area contributed by atoms with Crippen LogP contribution >= 0.6 is 27.3 Å². The van der Waals surface area contributed by atoms with Crippen LogP contribution in [0.15, 0.2) is 86.2 Å². The third kappa shape index (κ3) is 6.57. The second-order valence-corrected chi connectivity index (χ2v) is 11.8. The molecule has 0 unspecified atom stereocenters. The minimum absolute atomic E-state index is 0.186. The molecule has 0 aliphatic carbocycles. The number of carbonyl (C=O) groups excluding carboxylic acids is 1. The largest absolute Gasteiger partial charge is 0.496 e. The highest BCUT2D eigenvalue weighted by Crippen LogP contribution is 2.35. The van der Waals surface area contributed by atoms with Crippen molar-refractivity contribution in [1.82, 2.24) is 4.57 Å². The SMILES string of the molecule is CCOC(=O)C1=C(C)N=c2s/c(=C/c3ccc(OCc4ccccc4C#N)c(OCC)c3)c(=O)n2[C@@H]1c1ccc(OC)c(Br)c1. The fraction of sp³-hybridized carbons (Fsp3) is 0.235. The first-order valence-electron chi connectivity index (χ1n) is 14.2. The molecule has 9 nitrogen and oxygen atoms in total. The molecule has 3 aromatic carbocycles. The minimum Gasteiger partial charge on any atom is -0.496 e. The number of hydrogen-bond donors (Lipinski definition) is 0. The molecule has 0 amide bonds. The summed E-state index contributed by atoms with van der Waals surface area (Å²) in [6.45, 7) is 6.15. The molecule has 0 radical (unpaired) electrons. The van der Waals surface area contributed by atoms with Crippen molar-refractivity contribution in [2.45, 2.75) is 33.4 Å². The Morgan fingerprint density at radius 1 is 1.07 bits per heavy atom. The molecule has 0 fully saturated rings. The zero-order valence-corrected chi connectivity index (χ0v) is 27.5. The first kappa shape index (κ1) is 31.8. The van der Waals surface area contributed by atoms with Crippen LogP contribution in [-0.2, 0) is 16.1 Å². The molecule has 11 heteroatoms. The second-order valence-electron chi connectivity index (χ2n) is 9.89. The number of ether oxygens (including phenoxy) is 4. The van der Waals surface area contributed by atoms with E-state index in [1.807, 2.05) is 43.3 Å². The number of aromatic nitrogens is 1. The highest BCUT2D eigenvalue weighted by molar-refractivity contribution is 9.10. The first-order valence-corrected chi connectivity index (χ1v) is 15.8. The van der Waals surface area contributed by atoms with Gasteiger partial charge in [-0.05, 0) is 84.2 Å². The standard InChI is InChI=1S/C34H30BrN3O6S/c1-5-42-28-15-21(11-13-27(28)44-19-24-10-8-7-9-23(24)18-36)16-29-32(39)38-31(22-12-14-26(41-4)25(35)17-22)30(33(40)43-6-2)20(3)37-34(38)45-29/h7-17,31H,5-6,19H2,1-4H3/b29-16+/t31-/m1/s1. The van der Waals surface area contributed by atoms with E-state index in [1.54, 1.807) is 51.3 Å². The number of nitriles is 1. The molecule has 1 atom stereocenters. The van der Waals surface area contributed by atoms with Crippen LogP contribution in [0.3, 0.4) is 0 Å². The predicted octanol–water partition coefficient (Wildman–Crippen LogP) is 5.42. The molecule has 0 saturated heterocycles. The van der Waals surface area contributed by atoms with Gasteiger partial charge in [-0.2, -0.15) is 5.26 Å². The van der Waals surface area contributed by atoms with Crippen molar-refractivity contribution in [3.8, 4) is 23.3 Å². The summed E-state index contributed by atoms with van der Waals surface area (Å²) >= 11 is 4.77. The molecule has 5 rings (SSSR count). The molecule has 1 aliphatic rings. The van der Waals surface area contributed by atoms with Gasteiger partial charge in [-0.3, -0.25) is 9.36 Å². The summed E-state index contributed by atoms with van der Waals surface area (Å²) in [5, 5.41) is 9.41. The van der Waals surface area contributed by atoms with E-state index in [0.29, 0.717) is 60.1 Å². The fourth-order valence-corrected chi connectivity index (χ4v) is 6.63. The van der Waals surface area contributed by atoms with Crippen molar-refractivity contribution in [3.63, 3.8) is 0 Å². The van der Waals surface area contributed by atoms with E-state index in [0.717, 1.165) is 11.1 Å². The Hall–Kier alpha value is -4.66. The van der Waals surface area contributed by atoms with E-state index in [9.17, 15) is 14.9 Å². The fourth-order valence-electron chi connectivity index (χ4n) is 5.02. The van der Waals surface area contributed by atoms with Crippen molar-refractivity contribution < 1.29 is 23.7 Å². The minimum atomic E-state index is -0.754. The number of halogens is 1. The summed E-state index contributed by atoms with van der Waals surface area (Å²) in [4.78, 5) is 32.3. The summed E-state index contributed by atoms with van der Waals surface area (Å²) in [6.07, 6.45) is 1.77. The maximum Gasteiger partial charge on any atom is 0.338 e. The highest BCUT2D eigenvalue weighted by atomic mass is 79.9. The monoisotopic (exact) mass is 687 g/mol. The maximum atomic E-state index is 14.0. The van der Waals surface area contributed by atoms with E-state index in [-0.39, 0.29) is 18.8 Å². The Balaban J connectivity index is 1.57. The smallest absolute Gasteiger partial charge is 0.338 e. The lowest BCUT2D eigenvalue weighted by Gasteiger charge is -2.25. The van der Waals surface area contributed by atoms with Crippen LogP contribution in [0.1, 0.15) is 49.1 Å². The van der Waals surface area contributed by atoms with Gasteiger partial charge in [0, 0.05) is 5.56 Å². The molecule has 230 valence electrons. The topological polar surface area (TPSA) is 112 Å². The van der Waals surface area contributed by atoms with E-state index in [1.165, 1.54) is 15.9 Å². The van der Waals surface area contributed by atoms with Crippen molar-refractivity contribution in [1.29, 1.82) is 5.26 Å². The highest BCUT2D eigenvalue weighted by Gasteiger charge is 2.33. The zero-order valence-electron chi connectivity index (χ0n) is 25.1. The molecule has 0 saturated carbocycles. The van der Waals surface area contributed by atoms with Crippen LogP contribution in [0.25, 0.3) is 6.08 Å². The molecular weight excluding hydrogens is 658 g/mol. The number of methoxy groups -OCH3 is 1. The maximum absolute atomic E-state index is 14.0. The Morgan fingerprint density at radius 2 is 1.84 bits per heavy atom. The number of allylic oxidation sites excluding steroid dienone is 1. The summed E-state index contributed by atoms with van der Waals surface area (Å²) in [6, 6.07) is 19.6. The molecule has 1 aromatic heterocycles. The number of rotatable bonds is 10. The van der Waals surface area contributed by atoms with Gasteiger partial charge in [0.1, 0.15) is 12.4 Å². The summed E-state index contributed by atoms with van der Waals surface area (Å²) in [5.74, 6) is 1.12. The number of carbonyl (C=O) groups is 1. The average Bonchev–Trinajstić information content (AvgIpc) is 3.33. The number of hydrogen-bond acceptors (Lipinski definition) is 9. The van der Waals surface area contributed by atoms with Crippen LogP contribution in [0, 0.1) is 11.3 Å². The van der Waals surface area contributed by atoms with Gasteiger partial charge in [0.15, 0.2) is 16.3 Å². The molecule has 0 spiro atoms. The van der Waals surface area contributed by atoms with Crippen molar-refractivity contribution >= 4 is 39.3 Å². The van der Waals surface area contributed by atoms with Crippen LogP contribution in [0.4, 0.5) is 0 Å². The number of esters is 1. The van der Waals surface area contributed by atoms with Crippen molar-refractivity contribution in [2.75, 3.05) is 20.3 Å². The Kier molecular flexibility index (Phi) is 9.86. The number of fused-ring (bicyclic) bond motifs is 1. The van der Waals surface area contributed by atoms with Gasteiger partial charge < -0.3 is 18.9 Å². The lowest BCUT2D eigenvalue weighted by atomic mass is 9.96. The Morgan fingerprint density at radius 3 is 2.56 bits per heavy atom. The Bertz CT molecular complexity index is 2020. The molecule has 2 heterocycles. The molecule has 45 heavy (non-hydrogen) atoms. The third-order valence-corrected chi connectivity index (χ3v) is 8.70. The van der Waals surface area contributed by atoms with Crippen LogP contribution < -0.4 is 29.1 Å². The normalized spacial score (nSPS) is 14.3. The van der Waals surface area contributed by atoms with Gasteiger partial charge >= 0.3 is 5.97 Å². The summed E-state index contributed by atoms with van der Waals surface area (Å²) < 4.78 is 25.4. The first-order chi connectivity index (χ1) is 21.8. The van der Waals surface area contributed by atoms with Gasteiger partial charge in [0.25, 0.3) is 5.56 Å². The lowest BCUT2D eigenvalue weighted by Crippen LogP contribution is -2.39. The molecule has 0 bridgehead atoms. The lowest BCUT2D eigenvalue weighted by molar-refractivity contribution is -0.139. The van der Waals surface area contributed by atoms with Crippen LogP contribution in [-0.4, -0.2) is 30.9 Å². The zero-order chi connectivity index (χ0) is 32.1. The van der Waals surface area contributed by atoms with Gasteiger partial charge in [-0.1, -0.05) is 41.7 Å². The number of thiazole rings is 1. The van der Waals surface area contributed by atoms with Gasteiger partial charge in [-0.25, -0.2) is 9.79 Å². The van der Waals surface area contributed by atoms with E-state index >= 15 is 0 Å². The predicted molar refractivity (Wildman–Crippen MR) is 174 cm³/mol. The number of nitrogens with zero attached hydrogens (tertiary/aromatic N) is 3. The summed E-state index contributed by atoms with van der Waals surface area (Å²) in [7, 11) is 1.57. The van der Waals surface area contributed by atoms with Crippen LogP contribution in [0.2, 0.25) is 0 Å². The van der Waals surface area contributed by atoms with E-state index in [2.05, 4.69) is 27.0 Å².